The molecule has 102 valence electrons. The summed E-state index contributed by atoms with van der Waals surface area (Å²) in [6.07, 6.45) is 1.18. The van der Waals surface area contributed by atoms with Crippen LogP contribution in [-0.2, 0) is 0 Å². The SMILES string of the molecule is Cc1ccc(C(=O)N/N=C\c2c(F)cccc2Cl)cc1. The summed E-state index contributed by atoms with van der Waals surface area (Å²) < 4.78 is 13.5. The van der Waals surface area contributed by atoms with Gasteiger partial charge in [-0.3, -0.25) is 4.79 Å². The van der Waals surface area contributed by atoms with Crippen molar-refractivity contribution in [2.75, 3.05) is 0 Å². The third kappa shape index (κ3) is 3.42. The van der Waals surface area contributed by atoms with Crippen molar-refractivity contribution in [3.8, 4) is 0 Å². The summed E-state index contributed by atoms with van der Waals surface area (Å²) >= 11 is 5.84. The number of aryl methyl sites for hydroxylation is 1. The van der Waals surface area contributed by atoms with Gasteiger partial charge in [0.25, 0.3) is 5.91 Å². The van der Waals surface area contributed by atoms with Gasteiger partial charge in [0.1, 0.15) is 5.82 Å². The fraction of sp³-hybridized carbons (Fsp3) is 0.0667. The number of hydrogen-bond acceptors (Lipinski definition) is 2. The summed E-state index contributed by atoms with van der Waals surface area (Å²) in [7, 11) is 0. The van der Waals surface area contributed by atoms with E-state index in [2.05, 4.69) is 10.5 Å². The number of hydrogen-bond donors (Lipinski definition) is 1. The molecule has 0 bridgehead atoms. The second-order valence-electron chi connectivity index (χ2n) is 4.20. The summed E-state index contributed by atoms with van der Waals surface area (Å²) in [5, 5.41) is 3.95. The summed E-state index contributed by atoms with van der Waals surface area (Å²) in [5.41, 5.74) is 4.00. The third-order valence-corrected chi connectivity index (χ3v) is 3.00. The molecule has 3 nitrogen and oxygen atoms in total. The van der Waals surface area contributed by atoms with Crippen molar-refractivity contribution < 1.29 is 9.18 Å². The molecule has 0 aliphatic carbocycles. The number of nitrogens with one attached hydrogen (secondary N) is 1. The smallest absolute Gasteiger partial charge is 0.267 e. The van der Waals surface area contributed by atoms with Crippen molar-refractivity contribution in [1.82, 2.24) is 5.43 Å². The zero-order valence-electron chi connectivity index (χ0n) is 10.7. The minimum Gasteiger partial charge on any atom is -0.267 e. The van der Waals surface area contributed by atoms with Gasteiger partial charge in [0.05, 0.1) is 11.2 Å². The molecular weight excluding hydrogens is 279 g/mol. The quantitative estimate of drug-likeness (QED) is 0.681. The number of hydrazone groups is 1. The second-order valence-corrected chi connectivity index (χ2v) is 4.61. The lowest BCUT2D eigenvalue weighted by molar-refractivity contribution is 0.0955. The van der Waals surface area contributed by atoms with E-state index in [1.54, 1.807) is 18.2 Å². The van der Waals surface area contributed by atoms with E-state index < -0.39 is 5.82 Å². The van der Waals surface area contributed by atoms with Gasteiger partial charge >= 0.3 is 0 Å². The normalized spacial score (nSPS) is 10.8. The van der Waals surface area contributed by atoms with Crippen LogP contribution in [0, 0.1) is 12.7 Å². The molecule has 0 spiro atoms. The predicted molar refractivity (Wildman–Crippen MR) is 77.6 cm³/mol. The third-order valence-electron chi connectivity index (χ3n) is 2.67. The lowest BCUT2D eigenvalue weighted by atomic mass is 10.1. The maximum absolute atomic E-state index is 13.5. The summed E-state index contributed by atoms with van der Waals surface area (Å²) in [5.74, 6) is -0.862. The summed E-state index contributed by atoms with van der Waals surface area (Å²) in [4.78, 5) is 11.8. The lowest BCUT2D eigenvalue weighted by Crippen LogP contribution is -2.17. The molecule has 20 heavy (non-hydrogen) atoms. The van der Waals surface area contributed by atoms with Crippen LogP contribution < -0.4 is 5.43 Å². The van der Waals surface area contributed by atoms with E-state index >= 15 is 0 Å². The first-order chi connectivity index (χ1) is 9.58. The standard InChI is InChI=1S/C15H12ClFN2O/c1-10-5-7-11(8-6-10)15(20)19-18-9-12-13(16)3-2-4-14(12)17/h2-9H,1H3,(H,19,20)/b18-9-. The maximum Gasteiger partial charge on any atom is 0.271 e. The molecule has 1 N–H and O–H groups in total. The zero-order chi connectivity index (χ0) is 14.5. The first-order valence-electron chi connectivity index (χ1n) is 5.92. The molecule has 2 rings (SSSR count). The van der Waals surface area contributed by atoms with E-state index in [1.807, 2.05) is 19.1 Å². The predicted octanol–water partition coefficient (Wildman–Crippen LogP) is 3.55. The van der Waals surface area contributed by atoms with Gasteiger partial charge in [0.2, 0.25) is 0 Å². The van der Waals surface area contributed by atoms with Crippen LogP contribution in [0.5, 0.6) is 0 Å². The highest BCUT2D eigenvalue weighted by Crippen LogP contribution is 2.16. The minimum atomic E-state index is -0.495. The zero-order valence-corrected chi connectivity index (χ0v) is 11.5. The molecule has 0 heterocycles. The summed E-state index contributed by atoms with van der Waals surface area (Å²) in [6.45, 7) is 1.93. The molecule has 2 aromatic carbocycles. The van der Waals surface area contributed by atoms with Crippen LogP contribution in [-0.4, -0.2) is 12.1 Å². The molecule has 0 saturated heterocycles. The van der Waals surface area contributed by atoms with Gasteiger partial charge in [0, 0.05) is 11.1 Å². The highest BCUT2D eigenvalue weighted by molar-refractivity contribution is 6.33. The Labute approximate surface area is 121 Å². The Morgan fingerprint density at radius 1 is 1.25 bits per heavy atom. The van der Waals surface area contributed by atoms with Gasteiger partial charge < -0.3 is 0 Å². The van der Waals surface area contributed by atoms with Crippen molar-refractivity contribution in [2.45, 2.75) is 6.92 Å². The lowest BCUT2D eigenvalue weighted by Gasteiger charge is -2.01. The number of carbonyl (C=O) groups is 1. The molecule has 0 atom stereocenters. The molecule has 2 aromatic rings. The fourth-order valence-electron chi connectivity index (χ4n) is 1.56. The largest absolute Gasteiger partial charge is 0.271 e. The van der Waals surface area contributed by atoms with Gasteiger partial charge in [0.15, 0.2) is 0 Å². The van der Waals surface area contributed by atoms with E-state index in [4.69, 9.17) is 11.6 Å². The maximum atomic E-state index is 13.5. The Morgan fingerprint density at radius 3 is 2.60 bits per heavy atom. The van der Waals surface area contributed by atoms with Crippen LogP contribution in [0.1, 0.15) is 21.5 Å². The molecule has 0 aliphatic heterocycles. The van der Waals surface area contributed by atoms with E-state index in [0.717, 1.165) is 5.56 Å². The molecule has 0 aromatic heterocycles. The van der Waals surface area contributed by atoms with E-state index in [-0.39, 0.29) is 16.5 Å². The molecule has 0 unspecified atom stereocenters. The van der Waals surface area contributed by atoms with Gasteiger partial charge in [-0.15, -0.1) is 0 Å². The van der Waals surface area contributed by atoms with Crippen LogP contribution in [0.25, 0.3) is 0 Å². The topological polar surface area (TPSA) is 41.5 Å². The molecule has 0 saturated carbocycles. The Bertz CT molecular complexity index is 633. The molecule has 0 fully saturated rings. The number of carbonyl (C=O) groups excluding carboxylic acids is 1. The molecule has 5 heteroatoms. The second kappa shape index (κ2) is 6.30. The molecule has 0 radical (unpaired) electrons. The van der Waals surface area contributed by atoms with Crippen LogP contribution in [0.15, 0.2) is 47.6 Å². The number of benzene rings is 2. The Balaban J connectivity index is 2.06. The first kappa shape index (κ1) is 14.2. The van der Waals surface area contributed by atoms with Crippen molar-refractivity contribution in [1.29, 1.82) is 0 Å². The highest BCUT2D eigenvalue weighted by atomic mass is 35.5. The van der Waals surface area contributed by atoms with Crippen molar-refractivity contribution >= 4 is 23.7 Å². The molecular formula is C15H12ClFN2O. The average molecular weight is 291 g/mol. The van der Waals surface area contributed by atoms with Crippen molar-refractivity contribution in [3.63, 3.8) is 0 Å². The Kier molecular flexibility index (Phi) is 4.48. The van der Waals surface area contributed by atoms with Crippen molar-refractivity contribution in [2.24, 2.45) is 5.10 Å². The average Bonchev–Trinajstić information content (AvgIpc) is 2.42. The van der Waals surface area contributed by atoms with E-state index in [0.29, 0.717) is 5.56 Å². The minimum absolute atomic E-state index is 0.137. The van der Waals surface area contributed by atoms with Crippen LogP contribution in [0.3, 0.4) is 0 Å². The van der Waals surface area contributed by atoms with Gasteiger partial charge in [-0.05, 0) is 31.2 Å². The Morgan fingerprint density at radius 2 is 1.95 bits per heavy atom. The van der Waals surface area contributed by atoms with Crippen LogP contribution in [0.4, 0.5) is 4.39 Å². The van der Waals surface area contributed by atoms with E-state index in [9.17, 15) is 9.18 Å². The van der Waals surface area contributed by atoms with Crippen molar-refractivity contribution in [3.05, 3.63) is 70.0 Å². The molecule has 1 amide bonds. The number of rotatable bonds is 3. The highest BCUT2D eigenvalue weighted by Gasteiger charge is 2.05. The van der Waals surface area contributed by atoms with Gasteiger partial charge in [-0.25, -0.2) is 9.82 Å². The van der Waals surface area contributed by atoms with Gasteiger partial charge in [-0.2, -0.15) is 5.10 Å². The monoisotopic (exact) mass is 290 g/mol. The number of halogens is 2. The van der Waals surface area contributed by atoms with Crippen LogP contribution in [0.2, 0.25) is 5.02 Å². The first-order valence-corrected chi connectivity index (χ1v) is 6.30. The molecule has 0 aliphatic rings. The van der Waals surface area contributed by atoms with Crippen LogP contribution >= 0.6 is 11.6 Å². The number of amides is 1. The van der Waals surface area contributed by atoms with Gasteiger partial charge in [-0.1, -0.05) is 35.4 Å². The van der Waals surface area contributed by atoms with E-state index in [1.165, 1.54) is 18.3 Å². The Hall–Kier alpha value is -2.20. The fourth-order valence-corrected chi connectivity index (χ4v) is 1.77. The summed E-state index contributed by atoms with van der Waals surface area (Å²) in [6, 6.07) is 11.4. The number of nitrogens with zero attached hydrogens (tertiary/aromatic N) is 1.